The first-order valence-electron chi connectivity index (χ1n) is 8.83. The quantitative estimate of drug-likeness (QED) is 0.505. The molecule has 0 saturated carbocycles. The van der Waals surface area contributed by atoms with Crippen LogP contribution in [0.1, 0.15) is 5.56 Å². The number of hydrogen-bond acceptors (Lipinski definition) is 5. The van der Waals surface area contributed by atoms with Crippen LogP contribution < -0.4 is 15.6 Å². The predicted molar refractivity (Wildman–Crippen MR) is 107 cm³/mol. The van der Waals surface area contributed by atoms with E-state index in [1.807, 2.05) is 6.07 Å². The lowest BCUT2D eigenvalue weighted by atomic mass is 10.0. The predicted octanol–water partition coefficient (Wildman–Crippen LogP) is 4.76. The van der Waals surface area contributed by atoms with Crippen molar-refractivity contribution in [2.45, 2.75) is 6.18 Å². The van der Waals surface area contributed by atoms with E-state index in [4.69, 9.17) is 4.74 Å². The Morgan fingerprint density at radius 2 is 1.87 bits per heavy atom. The van der Waals surface area contributed by atoms with Gasteiger partial charge in [-0.1, -0.05) is 18.2 Å². The summed E-state index contributed by atoms with van der Waals surface area (Å²) in [5.74, 6) is 0.617. The van der Waals surface area contributed by atoms with Crippen molar-refractivity contribution in [2.24, 2.45) is 0 Å². The highest BCUT2D eigenvalue weighted by molar-refractivity contribution is 5.92. The van der Waals surface area contributed by atoms with E-state index < -0.39 is 17.3 Å². The maximum atomic E-state index is 12.9. The van der Waals surface area contributed by atoms with E-state index in [1.165, 1.54) is 18.3 Å². The number of aromatic amines is 1. The van der Waals surface area contributed by atoms with Crippen molar-refractivity contribution in [3.63, 3.8) is 0 Å². The lowest BCUT2D eigenvalue weighted by molar-refractivity contribution is -0.137. The van der Waals surface area contributed by atoms with Crippen molar-refractivity contribution >= 4 is 22.7 Å². The normalized spacial score (nSPS) is 11.5. The number of H-pyrrole nitrogens is 1. The Labute approximate surface area is 168 Å². The van der Waals surface area contributed by atoms with Gasteiger partial charge in [0.25, 0.3) is 5.56 Å². The summed E-state index contributed by atoms with van der Waals surface area (Å²) < 4.78 is 44.0. The van der Waals surface area contributed by atoms with E-state index in [2.05, 4.69) is 20.3 Å². The summed E-state index contributed by atoms with van der Waals surface area (Å²) >= 11 is 0. The molecule has 4 aromatic rings. The first kappa shape index (κ1) is 19.4. The SMILES string of the molecule is COc1cccc(-c2ccnc3nc(Nc4cccc(C(F)(F)F)c4)[nH]c(=O)c23)c1. The van der Waals surface area contributed by atoms with Crippen molar-refractivity contribution in [2.75, 3.05) is 12.4 Å². The Hall–Kier alpha value is -3.88. The average Bonchev–Trinajstić information content (AvgIpc) is 2.73. The van der Waals surface area contributed by atoms with E-state index in [-0.39, 0.29) is 22.7 Å². The molecule has 2 heterocycles. The molecular formula is C21H15F3N4O2. The zero-order valence-corrected chi connectivity index (χ0v) is 15.6. The number of aromatic nitrogens is 3. The lowest BCUT2D eigenvalue weighted by Gasteiger charge is -2.11. The number of hydrogen-bond donors (Lipinski definition) is 2. The fraction of sp³-hybridized carbons (Fsp3) is 0.0952. The smallest absolute Gasteiger partial charge is 0.416 e. The molecule has 0 radical (unpaired) electrons. The maximum Gasteiger partial charge on any atom is 0.416 e. The van der Waals surface area contributed by atoms with Gasteiger partial charge in [0.1, 0.15) is 5.75 Å². The van der Waals surface area contributed by atoms with E-state index in [1.54, 1.807) is 31.4 Å². The molecule has 0 aliphatic rings. The lowest BCUT2D eigenvalue weighted by Crippen LogP contribution is -2.13. The molecule has 2 aromatic carbocycles. The second-order valence-corrected chi connectivity index (χ2v) is 6.41. The largest absolute Gasteiger partial charge is 0.497 e. The van der Waals surface area contributed by atoms with Gasteiger partial charge in [-0.3, -0.25) is 9.78 Å². The van der Waals surface area contributed by atoms with E-state index in [0.717, 1.165) is 17.7 Å². The topological polar surface area (TPSA) is 79.9 Å². The van der Waals surface area contributed by atoms with Gasteiger partial charge in [-0.15, -0.1) is 0 Å². The van der Waals surface area contributed by atoms with Crippen LogP contribution in [0.2, 0.25) is 0 Å². The second kappa shape index (κ2) is 7.51. The van der Waals surface area contributed by atoms with Crippen LogP contribution in [0.25, 0.3) is 22.2 Å². The van der Waals surface area contributed by atoms with Crippen molar-refractivity contribution in [1.29, 1.82) is 0 Å². The minimum Gasteiger partial charge on any atom is -0.497 e. The summed E-state index contributed by atoms with van der Waals surface area (Å²) in [6, 6.07) is 13.5. The molecule has 2 N–H and O–H groups in total. The second-order valence-electron chi connectivity index (χ2n) is 6.41. The summed E-state index contributed by atoms with van der Waals surface area (Å²) in [4.78, 5) is 23.8. The Morgan fingerprint density at radius 3 is 2.63 bits per heavy atom. The summed E-state index contributed by atoms with van der Waals surface area (Å²) in [6.07, 6.45) is -2.97. The number of benzene rings is 2. The molecule has 0 bridgehead atoms. The van der Waals surface area contributed by atoms with Crippen LogP contribution in [0.3, 0.4) is 0 Å². The fourth-order valence-electron chi connectivity index (χ4n) is 3.06. The van der Waals surface area contributed by atoms with Crippen molar-refractivity contribution < 1.29 is 17.9 Å². The van der Waals surface area contributed by atoms with Gasteiger partial charge in [0.05, 0.1) is 18.1 Å². The van der Waals surface area contributed by atoms with Crippen molar-refractivity contribution in [1.82, 2.24) is 15.0 Å². The minimum atomic E-state index is -4.48. The first-order chi connectivity index (χ1) is 14.3. The number of ether oxygens (including phenoxy) is 1. The van der Waals surface area contributed by atoms with Crippen molar-refractivity contribution in [3.8, 4) is 16.9 Å². The summed E-state index contributed by atoms with van der Waals surface area (Å²) in [7, 11) is 1.55. The third-order valence-corrected chi connectivity index (χ3v) is 4.44. The molecule has 0 saturated heterocycles. The van der Waals surface area contributed by atoms with Crippen molar-refractivity contribution in [3.05, 3.63) is 76.7 Å². The van der Waals surface area contributed by atoms with Crippen LogP contribution in [0, 0.1) is 0 Å². The molecule has 9 heteroatoms. The van der Waals surface area contributed by atoms with Gasteiger partial charge < -0.3 is 10.1 Å². The molecule has 2 aromatic heterocycles. The molecule has 0 amide bonds. The van der Waals surface area contributed by atoms with E-state index in [9.17, 15) is 18.0 Å². The van der Waals surface area contributed by atoms with Gasteiger partial charge in [-0.25, -0.2) is 4.98 Å². The molecule has 0 spiro atoms. The number of fused-ring (bicyclic) bond motifs is 1. The molecule has 30 heavy (non-hydrogen) atoms. The molecule has 0 fully saturated rings. The first-order valence-corrected chi connectivity index (χ1v) is 8.83. The van der Waals surface area contributed by atoms with Crippen LogP contribution in [0.15, 0.2) is 65.6 Å². The third kappa shape index (κ3) is 3.82. The highest BCUT2D eigenvalue weighted by Gasteiger charge is 2.30. The number of methoxy groups -OCH3 is 1. The van der Waals surface area contributed by atoms with Gasteiger partial charge in [0.15, 0.2) is 5.65 Å². The van der Waals surface area contributed by atoms with E-state index >= 15 is 0 Å². The van der Waals surface area contributed by atoms with Gasteiger partial charge in [-0.2, -0.15) is 18.2 Å². The molecule has 6 nitrogen and oxygen atoms in total. The molecule has 0 aliphatic heterocycles. The van der Waals surface area contributed by atoms with Gasteiger partial charge >= 0.3 is 6.18 Å². The summed E-state index contributed by atoms with van der Waals surface area (Å²) in [6.45, 7) is 0. The van der Waals surface area contributed by atoms with Crippen LogP contribution in [0.4, 0.5) is 24.8 Å². The number of rotatable bonds is 4. The van der Waals surface area contributed by atoms with E-state index in [0.29, 0.717) is 11.3 Å². The molecular weight excluding hydrogens is 397 g/mol. The van der Waals surface area contributed by atoms with Gasteiger partial charge in [0, 0.05) is 11.9 Å². The Morgan fingerprint density at radius 1 is 1.07 bits per heavy atom. The minimum absolute atomic E-state index is 0.0119. The molecule has 0 atom stereocenters. The van der Waals surface area contributed by atoms with Gasteiger partial charge in [0.2, 0.25) is 5.95 Å². The highest BCUT2D eigenvalue weighted by atomic mass is 19.4. The highest BCUT2D eigenvalue weighted by Crippen LogP contribution is 2.31. The summed E-state index contributed by atoms with van der Waals surface area (Å²) in [5.41, 5.74) is 0.366. The number of alkyl halides is 3. The maximum absolute atomic E-state index is 12.9. The monoisotopic (exact) mass is 412 g/mol. The number of anilines is 2. The standard InChI is InChI=1S/C21H15F3N4O2/c1-30-15-7-2-4-12(10-15)16-8-9-25-18-17(16)19(29)28-20(27-18)26-14-6-3-5-13(11-14)21(22,23)24/h2-11H,1H3,(H2,25,26,27,28,29). The number of halogens is 3. The zero-order valence-electron chi connectivity index (χ0n) is 15.6. The molecule has 152 valence electrons. The Kier molecular flexibility index (Phi) is 4.86. The molecule has 0 unspecified atom stereocenters. The Bertz CT molecular complexity index is 1290. The Balaban J connectivity index is 1.76. The number of nitrogens with zero attached hydrogens (tertiary/aromatic N) is 2. The molecule has 0 aliphatic carbocycles. The van der Waals surface area contributed by atoms with Gasteiger partial charge in [-0.05, 0) is 47.5 Å². The number of pyridine rings is 1. The zero-order chi connectivity index (χ0) is 21.3. The van der Waals surface area contributed by atoms with Crippen LogP contribution >= 0.6 is 0 Å². The van der Waals surface area contributed by atoms with Crippen LogP contribution in [0.5, 0.6) is 5.75 Å². The fourth-order valence-corrected chi connectivity index (χ4v) is 3.06. The third-order valence-electron chi connectivity index (χ3n) is 4.44. The molecule has 4 rings (SSSR count). The van der Waals surface area contributed by atoms with Crippen LogP contribution in [-0.4, -0.2) is 22.1 Å². The van der Waals surface area contributed by atoms with Crippen LogP contribution in [-0.2, 0) is 6.18 Å². The summed E-state index contributed by atoms with van der Waals surface area (Å²) in [5, 5.41) is 2.96. The number of nitrogens with one attached hydrogen (secondary N) is 2. The average molecular weight is 412 g/mol.